The molecule has 1 spiro atoms. The predicted molar refractivity (Wildman–Crippen MR) is 88.8 cm³/mol. The van der Waals surface area contributed by atoms with E-state index < -0.39 is 23.2 Å². The van der Waals surface area contributed by atoms with Crippen LogP contribution < -0.4 is 5.73 Å². The fourth-order valence-corrected chi connectivity index (χ4v) is 6.11. The third kappa shape index (κ3) is 1.57. The molecule has 2 saturated carbocycles. The van der Waals surface area contributed by atoms with Crippen LogP contribution >= 0.6 is 0 Å². The molecule has 4 aliphatic rings. The average Bonchev–Trinajstić information content (AvgIpc) is 3.07. The lowest BCUT2D eigenvalue weighted by Gasteiger charge is -2.45. The maximum absolute atomic E-state index is 13.6. The Morgan fingerprint density at radius 1 is 1.38 bits per heavy atom. The van der Waals surface area contributed by atoms with Gasteiger partial charge in [-0.3, -0.25) is 4.79 Å². The third-order valence-corrected chi connectivity index (χ3v) is 7.62. The maximum Gasteiger partial charge on any atom is 0.153 e. The molecule has 0 amide bonds. The standard InChI is InChI=1S/C19H27NO4/c1-9-7-18-5-4-12-13(17(12,2)3)11(16(18)23)6-10(8-21)15(22)19(18,24)14(9)20/h6-7,11-15,21-22,24H,4-5,8,20H2,1-3H3/t11?,12-,13?,14?,15?,18?,19?/m1/s1. The largest absolute Gasteiger partial charge is 0.392 e. The van der Waals surface area contributed by atoms with Crippen LogP contribution in [0.25, 0.3) is 0 Å². The SMILES string of the molecule is CC1=CC23CC[C@@H]4C(C(C=C(CO)C(O)C2(O)C1N)C3=O)C4(C)C. The molecule has 5 N–H and O–H groups in total. The summed E-state index contributed by atoms with van der Waals surface area (Å²) in [5.41, 5.74) is 4.44. The van der Waals surface area contributed by atoms with E-state index in [1.165, 1.54) is 0 Å². The van der Waals surface area contributed by atoms with Crippen molar-refractivity contribution in [3.63, 3.8) is 0 Å². The smallest absolute Gasteiger partial charge is 0.153 e. The Balaban J connectivity index is 1.95. The molecule has 7 atom stereocenters. The Labute approximate surface area is 142 Å². The molecule has 0 saturated heterocycles. The molecule has 0 aliphatic heterocycles. The first-order valence-corrected chi connectivity index (χ1v) is 8.84. The first kappa shape index (κ1) is 16.5. The van der Waals surface area contributed by atoms with Gasteiger partial charge < -0.3 is 21.1 Å². The molecule has 132 valence electrons. The number of ketones is 1. The minimum absolute atomic E-state index is 0.0436. The normalized spacial score (nSPS) is 51.8. The van der Waals surface area contributed by atoms with Crippen LogP contribution in [0.5, 0.6) is 0 Å². The fourth-order valence-electron chi connectivity index (χ4n) is 6.11. The predicted octanol–water partition coefficient (Wildman–Crippen LogP) is 0.536. The second-order valence-corrected chi connectivity index (χ2v) is 8.85. The molecule has 24 heavy (non-hydrogen) atoms. The lowest BCUT2D eigenvalue weighted by Crippen LogP contribution is -2.65. The summed E-state index contributed by atoms with van der Waals surface area (Å²) in [6.07, 6.45) is 3.53. The van der Waals surface area contributed by atoms with Crippen molar-refractivity contribution in [1.29, 1.82) is 0 Å². The molecule has 2 bridgehead atoms. The summed E-state index contributed by atoms with van der Waals surface area (Å²) in [7, 11) is 0. The number of aliphatic hydroxyl groups is 3. The van der Waals surface area contributed by atoms with Gasteiger partial charge in [0.05, 0.1) is 18.1 Å². The summed E-state index contributed by atoms with van der Waals surface area (Å²) in [5, 5.41) is 32.2. The van der Waals surface area contributed by atoms with E-state index in [-0.39, 0.29) is 29.6 Å². The van der Waals surface area contributed by atoms with E-state index in [0.717, 1.165) is 12.0 Å². The number of allylic oxidation sites excluding steroid dienone is 1. The first-order chi connectivity index (χ1) is 11.1. The van der Waals surface area contributed by atoms with Crippen LogP contribution in [0.2, 0.25) is 0 Å². The fraction of sp³-hybridized carbons (Fsp3) is 0.737. The average molecular weight is 333 g/mol. The van der Waals surface area contributed by atoms with Crippen LogP contribution in [0.15, 0.2) is 23.3 Å². The number of hydrogen-bond donors (Lipinski definition) is 4. The Kier molecular flexibility index (Phi) is 3.14. The van der Waals surface area contributed by atoms with Crippen LogP contribution in [-0.4, -0.2) is 45.5 Å². The van der Waals surface area contributed by atoms with Gasteiger partial charge in [-0.1, -0.05) is 31.6 Å². The van der Waals surface area contributed by atoms with E-state index in [2.05, 4.69) is 13.8 Å². The van der Waals surface area contributed by atoms with Crippen molar-refractivity contribution in [2.75, 3.05) is 6.61 Å². The van der Waals surface area contributed by atoms with E-state index >= 15 is 0 Å². The lowest BCUT2D eigenvalue weighted by atomic mass is 9.63. The van der Waals surface area contributed by atoms with E-state index in [9.17, 15) is 20.1 Å². The number of aliphatic hydroxyl groups excluding tert-OH is 2. The monoisotopic (exact) mass is 333 g/mol. The number of rotatable bonds is 1. The molecule has 0 aromatic rings. The molecular weight excluding hydrogens is 306 g/mol. The van der Waals surface area contributed by atoms with Gasteiger partial charge in [0.2, 0.25) is 0 Å². The van der Waals surface area contributed by atoms with E-state index in [4.69, 9.17) is 5.73 Å². The quantitative estimate of drug-likeness (QED) is 0.524. The number of Topliss-reactive ketones (excluding diaryl/α,β-unsaturated/α-hetero) is 1. The minimum atomic E-state index is -1.78. The number of carbonyl (C=O) groups excluding carboxylic acids is 1. The number of hydrogen-bond acceptors (Lipinski definition) is 5. The topological polar surface area (TPSA) is 104 Å². The molecule has 0 aromatic heterocycles. The van der Waals surface area contributed by atoms with Gasteiger partial charge >= 0.3 is 0 Å². The van der Waals surface area contributed by atoms with Gasteiger partial charge in [0.25, 0.3) is 0 Å². The Bertz CT molecular complexity index is 681. The Morgan fingerprint density at radius 3 is 2.67 bits per heavy atom. The zero-order valence-electron chi connectivity index (χ0n) is 14.5. The molecule has 6 unspecified atom stereocenters. The Hall–Kier alpha value is -1.01. The third-order valence-electron chi connectivity index (χ3n) is 7.62. The van der Waals surface area contributed by atoms with Crippen molar-refractivity contribution in [3.8, 4) is 0 Å². The van der Waals surface area contributed by atoms with Crippen LogP contribution in [0, 0.1) is 28.6 Å². The molecule has 0 aromatic carbocycles. The molecule has 0 heterocycles. The van der Waals surface area contributed by atoms with Gasteiger partial charge in [0.15, 0.2) is 5.78 Å². The van der Waals surface area contributed by atoms with Crippen molar-refractivity contribution in [2.45, 2.75) is 51.4 Å². The minimum Gasteiger partial charge on any atom is -0.392 e. The van der Waals surface area contributed by atoms with Gasteiger partial charge in [0, 0.05) is 5.92 Å². The van der Waals surface area contributed by atoms with Crippen LogP contribution in [0.1, 0.15) is 33.6 Å². The van der Waals surface area contributed by atoms with Crippen molar-refractivity contribution in [1.82, 2.24) is 0 Å². The highest BCUT2D eigenvalue weighted by Gasteiger charge is 2.73. The van der Waals surface area contributed by atoms with Gasteiger partial charge in [-0.15, -0.1) is 0 Å². The molecule has 4 rings (SSSR count). The van der Waals surface area contributed by atoms with Crippen LogP contribution in [-0.2, 0) is 4.79 Å². The number of nitrogens with two attached hydrogens (primary N) is 1. The highest BCUT2D eigenvalue weighted by molar-refractivity contribution is 5.95. The van der Waals surface area contributed by atoms with Crippen molar-refractivity contribution < 1.29 is 20.1 Å². The Morgan fingerprint density at radius 2 is 2.04 bits per heavy atom. The zero-order valence-corrected chi connectivity index (χ0v) is 14.5. The van der Waals surface area contributed by atoms with Gasteiger partial charge in [-0.2, -0.15) is 0 Å². The number of carbonyl (C=O) groups is 1. The molecule has 2 fully saturated rings. The van der Waals surface area contributed by atoms with Crippen molar-refractivity contribution in [3.05, 3.63) is 23.3 Å². The highest BCUT2D eigenvalue weighted by atomic mass is 16.3. The summed E-state index contributed by atoms with van der Waals surface area (Å²) < 4.78 is 0. The summed E-state index contributed by atoms with van der Waals surface area (Å²) in [5.74, 6) is 0.198. The molecular formula is C19H27NO4. The molecule has 5 heteroatoms. The van der Waals surface area contributed by atoms with E-state index in [1.54, 1.807) is 13.0 Å². The molecule has 4 aliphatic carbocycles. The maximum atomic E-state index is 13.6. The van der Waals surface area contributed by atoms with E-state index in [0.29, 0.717) is 17.9 Å². The summed E-state index contributed by atoms with van der Waals surface area (Å²) in [4.78, 5) is 13.6. The van der Waals surface area contributed by atoms with Crippen LogP contribution in [0.4, 0.5) is 0 Å². The lowest BCUT2D eigenvalue weighted by molar-refractivity contribution is -0.160. The molecule has 5 nitrogen and oxygen atoms in total. The van der Waals surface area contributed by atoms with Crippen LogP contribution in [0.3, 0.4) is 0 Å². The summed E-state index contributed by atoms with van der Waals surface area (Å²) >= 11 is 0. The summed E-state index contributed by atoms with van der Waals surface area (Å²) in [6.45, 7) is 5.77. The molecule has 0 radical (unpaired) electrons. The van der Waals surface area contributed by atoms with Gasteiger partial charge in [-0.25, -0.2) is 0 Å². The zero-order chi connectivity index (χ0) is 17.7. The van der Waals surface area contributed by atoms with Gasteiger partial charge in [0.1, 0.15) is 11.7 Å². The second kappa shape index (κ2) is 4.58. The summed E-state index contributed by atoms with van der Waals surface area (Å²) in [6, 6.07) is -0.812. The van der Waals surface area contributed by atoms with Crippen molar-refractivity contribution >= 4 is 5.78 Å². The first-order valence-electron chi connectivity index (χ1n) is 8.84. The van der Waals surface area contributed by atoms with E-state index in [1.807, 2.05) is 6.08 Å². The highest BCUT2D eigenvalue weighted by Crippen LogP contribution is 2.70. The van der Waals surface area contributed by atoms with Gasteiger partial charge in [-0.05, 0) is 42.6 Å². The van der Waals surface area contributed by atoms with Crippen molar-refractivity contribution in [2.24, 2.45) is 34.3 Å². The second-order valence-electron chi connectivity index (χ2n) is 8.85. The number of fused-ring (bicyclic) bond motifs is 3.